The van der Waals surface area contributed by atoms with Gasteiger partial charge < -0.3 is 5.32 Å². The van der Waals surface area contributed by atoms with E-state index in [1.165, 1.54) is 12.7 Å². The van der Waals surface area contributed by atoms with Crippen molar-refractivity contribution in [1.82, 2.24) is 10.2 Å². The SMILES string of the molecule is CS(=O)(=O)[C@H]1CCC[C@H](N2CCNCC2)C1. The molecule has 1 aliphatic carbocycles. The first-order valence-electron chi connectivity index (χ1n) is 6.21. The molecule has 5 heteroatoms. The molecule has 1 aliphatic heterocycles. The van der Waals surface area contributed by atoms with Gasteiger partial charge in [0, 0.05) is 38.5 Å². The van der Waals surface area contributed by atoms with E-state index in [1.54, 1.807) is 0 Å². The molecule has 4 nitrogen and oxygen atoms in total. The third-order valence-electron chi connectivity index (χ3n) is 3.87. The molecule has 0 aromatic carbocycles. The monoisotopic (exact) mass is 246 g/mol. The van der Waals surface area contributed by atoms with Crippen molar-refractivity contribution in [1.29, 1.82) is 0 Å². The van der Waals surface area contributed by atoms with Crippen LogP contribution in [-0.4, -0.2) is 57.0 Å². The second-order valence-electron chi connectivity index (χ2n) is 5.06. The van der Waals surface area contributed by atoms with E-state index in [0.717, 1.165) is 45.4 Å². The van der Waals surface area contributed by atoms with E-state index in [0.29, 0.717) is 6.04 Å². The fourth-order valence-electron chi connectivity index (χ4n) is 2.89. The zero-order valence-electron chi connectivity index (χ0n) is 9.98. The lowest BCUT2D eigenvalue weighted by molar-refractivity contribution is 0.140. The van der Waals surface area contributed by atoms with Gasteiger partial charge in [0.25, 0.3) is 0 Å². The number of hydrogen-bond donors (Lipinski definition) is 1. The number of rotatable bonds is 2. The van der Waals surface area contributed by atoms with Crippen LogP contribution in [0.3, 0.4) is 0 Å². The number of nitrogens with zero attached hydrogens (tertiary/aromatic N) is 1. The quantitative estimate of drug-likeness (QED) is 0.759. The molecule has 16 heavy (non-hydrogen) atoms. The maximum Gasteiger partial charge on any atom is 0.150 e. The van der Waals surface area contributed by atoms with Crippen LogP contribution >= 0.6 is 0 Å². The fraction of sp³-hybridized carbons (Fsp3) is 1.00. The Morgan fingerprint density at radius 3 is 2.50 bits per heavy atom. The minimum atomic E-state index is -2.84. The van der Waals surface area contributed by atoms with Gasteiger partial charge in [0.2, 0.25) is 0 Å². The van der Waals surface area contributed by atoms with E-state index in [4.69, 9.17) is 0 Å². The topological polar surface area (TPSA) is 49.4 Å². The van der Waals surface area contributed by atoms with Crippen LogP contribution < -0.4 is 5.32 Å². The Labute approximate surface area is 98.3 Å². The Bertz CT molecular complexity index is 323. The molecule has 0 unspecified atom stereocenters. The molecule has 1 saturated carbocycles. The Morgan fingerprint density at radius 1 is 1.19 bits per heavy atom. The van der Waals surface area contributed by atoms with Crippen molar-refractivity contribution in [2.45, 2.75) is 37.0 Å². The second kappa shape index (κ2) is 5.02. The molecule has 0 bridgehead atoms. The number of sulfone groups is 1. The lowest BCUT2D eigenvalue weighted by Gasteiger charge is -2.39. The Balaban J connectivity index is 1.95. The zero-order valence-corrected chi connectivity index (χ0v) is 10.8. The fourth-order valence-corrected chi connectivity index (χ4v) is 4.05. The average molecular weight is 246 g/mol. The summed E-state index contributed by atoms with van der Waals surface area (Å²) in [7, 11) is -2.84. The summed E-state index contributed by atoms with van der Waals surface area (Å²) < 4.78 is 23.2. The predicted octanol–water partition coefficient (Wildman–Crippen LogP) is 0.247. The lowest BCUT2D eigenvalue weighted by Crippen LogP contribution is -2.50. The van der Waals surface area contributed by atoms with Crippen LogP contribution in [0.25, 0.3) is 0 Å². The van der Waals surface area contributed by atoms with Gasteiger partial charge in [0.05, 0.1) is 5.25 Å². The molecule has 0 radical (unpaired) electrons. The maximum atomic E-state index is 11.6. The molecule has 0 spiro atoms. The van der Waals surface area contributed by atoms with Crippen molar-refractivity contribution in [3.8, 4) is 0 Å². The van der Waals surface area contributed by atoms with Gasteiger partial charge in [-0.2, -0.15) is 0 Å². The molecule has 1 N–H and O–H groups in total. The number of nitrogens with one attached hydrogen (secondary N) is 1. The first-order valence-corrected chi connectivity index (χ1v) is 8.16. The highest BCUT2D eigenvalue weighted by Crippen LogP contribution is 2.27. The molecular formula is C11H22N2O2S. The van der Waals surface area contributed by atoms with Crippen LogP contribution in [0, 0.1) is 0 Å². The molecule has 2 atom stereocenters. The van der Waals surface area contributed by atoms with Crippen molar-refractivity contribution in [3.05, 3.63) is 0 Å². The van der Waals surface area contributed by atoms with E-state index in [1.807, 2.05) is 0 Å². The smallest absolute Gasteiger partial charge is 0.150 e. The summed E-state index contributed by atoms with van der Waals surface area (Å²) in [6.45, 7) is 4.22. The van der Waals surface area contributed by atoms with Crippen molar-refractivity contribution in [2.75, 3.05) is 32.4 Å². The van der Waals surface area contributed by atoms with Gasteiger partial charge in [-0.3, -0.25) is 4.90 Å². The highest BCUT2D eigenvalue weighted by molar-refractivity contribution is 7.91. The number of piperazine rings is 1. The van der Waals surface area contributed by atoms with E-state index < -0.39 is 9.84 Å². The summed E-state index contributed by atoms with van der Waals surface area (Å²) in [5.41, 5.74) is 0. The first kappa shape index (κ1) is 12.3. The van der Waals surface area contributed by atoms with E-state index in [-0.39, 0.29) is 5.25 Å². The van der Waals surface area contributed by atoms with Gasteiger partial charge in [0.1, 0.15) is 9.84 Å². The van der Waals surface area contributed by atoms with Gasteiger partial charge in [-0.1, -0.05) is 6.42 Å². The van der Waals surface area contributed by atoms with Crippen molar-refractivity contribution >= 4 is 9.84 Å². The van der Waals surface area contributed by atoms with E-state index >= 15 is 0 Å². The van der Waals surface area contributed by atoms with Gasteiger partial charge in [-0.25, -0.2) is 8.42 Å². The molecule has 2 aliphatic rings. The molecule has 0 aromatic rings. The summed E-state index contributed by atoms with van der Waals surface area (Å²) in [6, 6.07) is 0.496. The van der Waals surface area contributed by atoms with E-state index in [2.05, 4.69) is 10.2 Å². The van der Waals surface area contributed by atoms with Crippen molar-refractivity contribution < 1.29 is 8.42 Å². The third kappa shape index (κ3) is 2.96. The summed E-state index contributed by atoms with van der Waals surface area (Å²) >= 11 is 0. The number of hydrogen-bond acceptors (Lipinski definition) is 4. The maximum absolute atomic E-state index is 11.6. The third-order valence-corrected chi connectivity index (χ3v) is 5.51. The van der Waals surface area contributed by atoms with Gasteiger partial charge >= 0.3 is 0 Å². The van der Waals surface area contributed by atoms with Crippen LogP contribution in [0.4, 0.5) is 0 Å². The minimum Gasteiger partial charge on any atom is -0.314 e. The zero-order chi connectivity index (χ0) is 11.6. The van der Waals surface area contributed by atoms with Gasteiger partial charge in [-0.05, 0) is 19.3 Å². The molecule has 1 saturated heterocycles. The van der Waals surface area contributed by atoms with E-state index in [9.17, 15) is 8.42 Å². The standard InChI is InChI=1S/C11H22N2O2S/c1-16(14,15)11-4-2-3-10(9-11)13-7-5-12-6-8-13/h10-12H,2-9H2,1H3/t10-,11-/m0/s1. The van der Waals surface area contributed by atoms with Gasteiger partial charge in [0.15, 0.2) is 0 Å². The van der Waals surface area contributed by atoms with Crippen molar-refractivity contribution in [2.24, 2.45) is 0 Å². The predicted molar refractivity (Wildman–Crippen MR) is 65.3 cm³/mol. The molecule has 1 heterocycles. The normalized spacial score (nSPS) is 33.8. The Kier molecular flexibility index (Phi) is 3.87. The largest absolute Gasteiger partial charge is 0.314 e. The molecule has 94 valence electrons. The molecular weight excluding hydrogens is 224 g/mol. The first-order chi connectivity index (χ1) is 7.57. The Hall–Kier alpha value is -0.130. The summed E-state index contributed by atoms with van der Waals surface area (Å²) in [4.78, 5) is 2.47. The van der Waals surface area contributed by atoms with Crippen LogP contribution in [-0.2, 0) is 9.84 Å². The second-order valence-corrected chi connectivity index (χ2v) is 7.38. The summed E-state index contributed by atoms with van der Waals surface area (Å²) in [5.74, 6) is 0. The summed E-state index contributed by atoms with van der Waals surface area (Å²) in [5, 5.41) is 3.24. The Morgan fingerprint density at radius 2 is 1.88 bits per heavy atom. The highest BCUT2D eigenvalue weighted by Gasteiger charge is 2.32. The highest BCUT2D eigenvalue weighted by atomic mass is 32.2. The average Bonchev–Trinajstić information content (AvgIpc) is 2.29. The van der Waals surface area contributed by atoms with Gasteiger partial charge in [-0.15, -0.1) is 0 Å². The van der Waals surface area contributed by atoms with Crippen LogP contribution in [0.15, 0.2) is 0 Å². The van der Waals surface area contributed by atoms with Crippen LogP contribution in [0.1, 0.15) is 25.7 Å². The molecule has 2 fully saturated rings. The van der Waals surface area contributed by atoms with Crippen LogP contribution in [0.2, 0.25) is 0 Å². The molecule has 0 aromatic heterocycles. The lowest BCUT2D eigenvalue weighted by atomic mass is 9.93. The molecule has 2 rings (SSSR count). The minimum absolute atomic E-state index is 0.0962. The van der Waals surface area contributed by atoms with Crippen molar-refractivity contribution in [3.63, 3.8) is 0 Å². The molecule has 0 amide bonds. The summed E-state index contributed by atoms with van der Waals surface area (Å²) in [6.07, 6.45) is 5.33. The van der Waals surface area contributed by atoms with Crippen LogP contribution in [0.5, 0.6) is 0 Å².